The lowest BCUT2D eigenvalue weighted by Crippen LogP contribution is -2.17. The van der Waals surface area contributed by atoms with Crippen molar-refractivity contribution in [3.8, 4) is 0 Å². The van der Waals surface area contributed by atoms with Crippen LogP contribution < -0.4 is 5.32 Å². The average Bonchev–Trinajstić information content (AvgIpc) is 3.22. The van der Waals surface area contributed by atoms with Gasteiger partial charge in [0.15, 0.2) is 12.1 Å². The normalized spacial score (nSPS) is 12.0. The Labute approximate surface area is 200 Å². The summed E-state index contributed by atoms with van der Waals surface area (Å²) in [4.78, 5) is 23.2. The molecule has 180 valence electrons. The number of nitrogens with one attached hydrogen (secondary N) is 1. The zero-order valence-electron chi connectivity index (χ0n) is 17.2. The zero-order chi connectivity index (χ0) is 25.5. The van der Waals surface area contributed by atoms with Gasteiger partial charge in [0.2, 0.25) is 0 Å². The minimum Gasteiger partial charge on any atom is -0.320 e. The maximum atomic E-state index is 15.1. The minimum atomic E-state index is -4.84. The van der Waals surface area contributed by atoms with E-state index in [-0.39, 0.29) is 21.6 Å². The summed E-state index contributed by atoms with van der Waals surface area (Å²) >= 11 is 6.03. The number of carbonyl (C=O) groups is 2. The summed E-state index contributed by atoms with van der Waals surface area (Å²) in [6.07, 6.45) is -4.76. The molecule has 0 aliphatic heterocycles. The lowest BCUT2D eigenvalue weighted by atomic mass is 10.1. The van der Waals surface area contributed by atoms with Gasteiger partial charge in [0.05, 0.1) is 27.0 Å². The number of nitrogens with zero attached hydrogens (tertiary/aromatic N) is 2. The Morgan fingerprint density at radius 3 is 2.37 bits per heavy atom. The highest BCUT2D eigenvalue weighted by atomic mass is 35.5. The predicted octanol–water partition coefficient (Wildman–Crippen LogP) is 5.15. The van der Waals surface area contributed by atoms with Crippen LogP contribution in [0.1, 0.15) is 26.4 Å². The van der Waals surface area contributed by atoms with Crippen LogP contribution in [0.3, 0.4) is 0 Å². The Morgan fingerprint density at radius 2 is 1.74 bits per heavy atom. The molecule has 0 aliphatic rings. The molecule has 0 spiro atoms. The first-order valence-corrected chi connectivity index (χ1v) is 11.4. The van der Waals surface area contributed by atoms with Crippen molar-refractivity contribution < 1.29 is 35.6 Å². The molecule has 4 aromatic rings. The molecular weight excluding hydrogens is 514 g/mol. The van der Waals surface area contributed by atoms with E-state index < -0.39 is 60.0 Å². The van der Waals surface area contributed by atoms with E-state index in [0.717, 1.165) is 18.2 Å². The van der Waals surface area contributed by atoms with Crippen molar-refractivity contribution >= 4 is 50.4 Å². The molecule has 1 heterocycles. The van der Waals surface area contributed by atoms with E-state index in [9.17, 15) is 31.2 Å². The number of halogens is 5. The quantitative estimate of drug-likeness (QED) is 0.287. The molecule has 0 aliphatic carbocycles. The highest BCUT2D eigenvalue weighted by Crippen LogP contribution is 2.36. The third-order valence-corrected chi connectivity index (χ3v) is 6.88. The molecule has 1 aromatic heterocycles. The van der Waals surface area contributed by atoms with E-state index in [2.05, 4.69) is 10.4 Å². The fraction of sp³-hybridized carbons (Fsp3) is 0.0455. The molecule has 0 radical (unpaired) electrons. The second-order valence-corrected chi connectivity index (χ2v) is 9.29. The third-order valence-electron chi connectivity index (χ3n) is 4.93. The number of hydrogen-bond acceptors (Lipinski definition) is 5. The summed E-state index contributed by atoms with van der Waals surface area (Å²) in [7, 11) is -4.84. The van der Waals surface area contributed by atoms with Gasteiger partial charge in [-0.3, -0.25) is 9.59 Å². The molecule has 0 atom stereocenters. The van der Waals surface area contributed by atoms with Gasteiger partial charge in [-0.05, 0) is 36.4 Å². The Balaban J connectivity index is 1.91. The van der Waals surface area contributed by atoms with Crippen LogP contribution in [0.2, 0.25) is 5.02 Å². The van der Waals surface area contributed by atoms with E-state index in [0.29, 0.717) is 12.1 Å². The Bertz CT molecular complexity index is 1590. The maximum absolute atomic E-state index is 15.1. The summed E-state index contributed by atoms with van der Waals surface area (Å²) in [6.45, 7) is 0. The summed E-state index contributed by atoms with van der Waals surface area (Å²) < 4.78 is 81.1. The number of hydrogen-bond donors (Lipinski definition) is 1. The van der Waals surface area contributed by atoms with Crippen LogP contribution in [0.25, 0.3) is 10.9 Å². The largest absolute Gasteiger partial charge is 0.416 e. The molecule has 3 aromatic carbocycles. The molecule has 0 saturated carbocycles. The average molecular weight is 526 g/mol. The number of fused-ring (bicyclic) bond motifs is 1. The smallest absolute Gasteiger partial charge is 0.320 e. The standard InChI is InChI=1S/C22H12ClF4N3O4S/c23-19-15(28-21(32)12-5-2-1-3-6-12)10-17-18(20(19)24)16(11-31)29-30(17)35(33,34)14-8-4-7-13(9-14)22(25,26)27/h1-11H,(H,28,32). The first-order valence-electron chi connectivity index (χ1n) is 9.60. The Morgan fingerprint density at radius 1 is 1.06 bits per heavy atom. The maximum Gasteiger partial charge on any atom is 0.416 e. The van der Waals surface area contributed by atoms with Gasteiger partial charge in [0.25, 0.3) is 15.9 Å². The number of aldehydes is 1. The highest BCUT2D eigenvalue weighted by molar-refractivity contribution is 7.90. The summed E-state index contributed by atoms with van der Waals surface area (Å²) in [6, 6.07) is 11.5. The lowest BCUT2D eigenvalue weighted by molar-refractivity contribution is -0.137. The van der Waals surface area contributed by atoms with Crippen molar-refractivity contribution in [3.63, 3.8) is 0 Å². The molecule has 0 fully saturated rings. The fourth-order valence-corrected chi connectivity index (χ4v) is 4.80. The SMILES string of the molecule is O=Cc1nn(S(=O)(=O)c2cccc(C(F)(F)F)c2)c2cc(NC(=O)c3ccccc3)c(Cl)c(F)c12. The first kappa shape index (κ1) is 24.4. The van der Waals surface area contributed by atoms with Crippen molar-refractivity contribution in [1.82, 2.24) is 9.19 Å². The van der Waals surface area contributed by atoms with E-state index in [1.165, 1.54) is 12.1 Å². The third kappa shape index (κ3) is 4.37. The molecule has 1 N–H and O–H groups in total. The van der Waals surface area contributed by atoms with Gasteiger partial charge in [-0.1, -0.05) is 35.9 Å². The number of alkyl halides is 3. The topological polar surface area (TPSA) is 98.1 Å². The fourth-order valence-electron chi connectivity index (χ4n) is 3.28. The number of amides is 1. The van der Waals surface area contributed by atoms with Crippen LogP contribution in [0.15, 0.2) is 65.6 Å². The number of carbonyl (C=O) groups excluding carboxylic acids is 2. The van der Waals surface area contributed by atoms with Gasteiger partial charge in [-0.15, -0.1) is 0 Å². The van der Waals surface area contributed by atoms with Crippen molar-refractivity contribution in [2.45, 2.75) is 11.1 Å². The highest BCUT2D eigenvalue weighted by Gasteiger charge is 2.33. The van der Waals surface area contributed by atoms with E-state index in [1.54, 1.807) is 18.2 Å². The Hall–Kier alpha value is -3.77. The molecular formula is C22H12ClF4N3O4S. The van der Waals surface area contributed by atoms with Gasteiger partial charge in [-0.25, -0.2) is 4.39 Å². The molecule has 0 saturated heterocycles. The molecule has 0 bridgehead atoms. The second-order valence-electron chi connectivity index (χ2n) is 7.14. The molecule has 1 amide bonds. The van der Waals surface area contributed by atoms with Gasteiger partial charge >= 0.3 is 6.18 Å². The van der Waals surface area contributed by atoms with Crippen molar-refractivity contribution in [1.29, 1.82) is 0 Å². The van der Waals surface area contributed by atoms with E-state index in [4.69, 9.17) is 11.6 Å². The molecule has 7 nitrogen and oxygen atoms in total. The van der Waals surface area contributed by atoms with Gasteiger partial charge < -0.3 is 5.32 Å². The first-order chi connectivity index (χ1) is 16.4. The number of rotatable bonds is 5. The van der Waals surface area contributed by atoms with Crippen molar-refractivity contribution in [2.75, 3.05) is 5.32 Å². The Kier molecular flexibility index (Phi) is 6.11. The van der Waals surface area contributed by atoms with Crippen LogP contribution in [0.5, 0.6) is 0 Å². The number of benzene rings is 3. The predicted molar refractivity (Wildman–Crippen MR) is 119 cm³/mol. The van der Waals surface area contributed by atoms with Gasteiger partial charge in [-0.2, -0.15) is 30.8 Å². The molecule has 4 rings (SSSR count). The van der Waals surface area contributed by atoms with Crippen LogP contribution in [0, 0.1) is 5.82 Å². The van der Waals surface area contributed by atoms with Crippen molar-refractivity contribution in [2.24, 2.45) is 0 Å². The summed E-state index contributed by atoms with van der Waals surface area (Å²) in [5, 5.41) is 4.74. The van der Waals surface area contributed by atoms with E-state index >= 15 is 4.39 Å². The van der Waals surface area contributed by atoms with Crippen molar-refractivity contribution in [3.05, 3.63) is 88.3 Å². The lowest BCUT2D eigenvalue weighted by Gasteiger charge is -2.12. The van der Waals surface area contributed by atoms with Gasteiger partial charge in [0, 0.05) is 5.56 Å². The van der Waals surface area contributed by atoms with Crippen LogP contribution in [-0.2, 0) is 16.2 Å². The van der Waals surface area contributed by atoms with E-state index in [1.807, 2.05) is 0 Å². The number of anilines is 1. The summed E-state index contributed by atoms with van der Waals surface area (Å²) in [5.41, 5.74) is -2.58. The monoisotopic (exact) mass is 525 g/mol. The minimum absolute atomic E-state index is 0.0716. The van der Waals surface area contributed by atoms with Gasteiger partial charge in [0.1, 0.15) is 10.7 Å². The summed E-state index contributed by atoms with van der Waals surface area (Å²) in [5.74, 6) is -1.95. The molecule has 13 heteroatoms. The van der Waals surface area contributed by atoms with Crippen LogP contribution >= 0.6 is 11.6 Å². The molecule has 35 heavy (non-hydrogen) atoms. The molecule has 0 unspecified atom stereocenters. The zero-order valence-corrected chi connectivity index (χ0v) is 18.7. The second kappa shape index (κ2) is 8.78. The van der Waals surface area contributed by atoms with Crippen LogP contribution in [0.4, 0.5) is 23.2 Å². The number of aromatic nitrogens is 2. The van der Waals surface area contributed by atoms with Crippen LogP contribution in [-0.4, -0.2) is 29.8 Å².